The number of nitrogens with zero attached hydrogens (tertiary/aromatic N) is 1. The lowest BCUT2D eigenvalue weighted by Gasteiger charge is -2.23. The number of allylic oxidation sites excluding steroid dienone is 1. The van der Waals surface area contributed by atoms with Crippen molar-refractivity contribution in [3.63, 3.8) is 0 Å². The standard InChI is InChI=1S/C20H25NO2/c1-15(13-14-16-9-5-3-6-10-16)20(2)19(22)23-18(21-20)17-11-7-4-8-12-17/h4,7-8,11-16H,3,5-6,9-10H2,1-2H3/b14-13+/t15?,20-/m1/s1. The summed E-state index contributed by atoms with van der Waals surface area (Å²) in [6.45, 7) is 3.93. The van der Waals surface area contributed by atoms with E-state index in [0.717, 1.165) is 5.56 Å². The van der Waals surface area contributed by atoms with E-state index in [1.54, 1.807) is 0 Å². The average Bonchev–Trinajstić information content (AvgIpc) is 2.91. The van der Waals surface area contributed by atoms with Crippen LogP contribution in [0.4, 0.5) is 0 Å². The zero-order chi connectivity index (χ0) is 16.3. The molecule has 2 atom stereocenters. The zero-order valence-electron chi connectivity index (χ0n) is 14.0. The van der Waals surface area contributed by atoms with Crippen LogP contribution in [0.5, 0.6) is 0 Å². The number of hydrogen-bond acceptors (Lipinski definition) is 3. The van der Waals surface area contributed by atoms with Crippen LogP contribution in [-0.4, -0.2) is 17.4 Å². The first kappa shape index (κ1) is 16.0. The third kappa shape index (κ3) is 3.39. The summed E-state index contributed by atoms with van der Waals surface area (Å²) in [6, 6.07) is 9.62. The van der Waals surface area contributed by atoms with E-state index in [-0.39, 0.29) is 11.9 Å². The number of hydrogen-bond donors (Lipinski definition) is 0. The van der Waals surface area contributed by atoms with Gasteiger partial charge in [0.15, 0.2) is 5.54 Å². The molecule has 1 unspecified atom stereocenters. The second kappa shape index (κ2) is 6.69. The van der Waals surface area contributed by atoms with Gasteiger partial charge in [0.1, 0.15) is 0 Å². The van der Waals surface area contributed by atoms with Crippen LogP contribution < -0.4 is 0 Å². The number of rotatable bonds is 4. The molecule has 0 N–H and O–H groups in total. The fourth-order valence-corrected chi connectivity index (χ4v) is 3.30. The Hall–Kier alpha value is -1.90. The molecule has 1 aromatic rings. The van der Waals surface area contributed by atoms with Crippen molar-refractivity contribution >= 4 is 11.9 Å². The van der Waals surface area contributed by atoms with Gasteiger partial charge < -0.3 is 4.74 Å². The fourth-order valence-electron chi connectivity index (χ4n) is 3.30. The second-order valence-corrected chi connectivity index (χ2v) is 6.89. The summed E-state index contributed by atoms with van der Waals surface area (Å²) in [5, 5.41) is 0. The Kier molecular flexibility index (Phi) is 4.65. The molecule has 0 spiro atoms. The number of ether oxygens (including phenoxy) is 1. The van der Waals surface area contributed by atoms with Crippen molar-refractivity contribution in [2.45, 2.75) is 51.5 Å². The molecule has 0 aromatic heterocycles. The third-order valence-electron chi connectivity index (χ3n) is 5.17. The van der Waals surface area contributed by atoms with Gasteiger partial charge in [-0.3, -0.25) is 0 Å². The molecule has 3 heteroatoms. The highest BCUT2D eigenvalue weighted by molar-refractivity contribution is 6.07. The molecule has 0 amide bonds. The van der Waals surface area contributed by atoms with Crippen LogP contribution in [0, 0.1) is 11.8 Å². The summed E-state index contributed by atoms with van der Waals surface area (Å²) in [4.78, 5) is 17.0. The molecule has 122 valence electrons. The topological polar surface area (TPSA) is 38.7 Å². The molecular formula is C20H25NO2. The Bertz CT molecular complexity index is 614. The minimum Gasteiger partial charge on any atom is -0.405 e. The maximum atomic E-state index is 12.4. The number of carbonyl (C=O) groups is 1. The van der Waals surface area contributed by atoms with Crippen molar-refractivity contribution in [3.8, 4) is 0 Å². The van der Waals surface area contributed by atoms with Gasteiger partial charge in [0.25, 0.3) is 0 Å². The van der Waals surface area contributed by atoms with E-state index in [9.17, 15) is 4.79 Å². The molecule has 3 rings (SSSR count). The van der Waals surface area contributed by atoms with Gasteiger partial charge in [-0.1, -0.05) is 56.5 Å². The Labute approximate surface area is 138 Å². The van der Waals surface area contributed by atoms with E-state index >= 15 is 0 Å². The molecule has 1 aliphatic carbocycles. The lowest BCUT2D eigenvalue weighted by molar-refractivity contribution is -0.139. The summed E-state index contributed by atoms with van der Waals surface area (Å²) in [6.07, 6.45) is 11.0. The van der Waals surface area contributed by atoms with Gasteiger partial charge in [0, 0.05) is 11.5 Å². The molecular weight excluding hydrogens is 286 g/mol. The van der Waals surface area contributed by atoms with E-state index in [0.29, 0.717) is 11.8 Å². The van der Waals surface area contributed by atoms with Crippen LogP contribution in [0.3, 0.4) is 0 Å². The van der Waals surface area contributed by atoms with Crippen LogP contribution in [0.2, 0.25) is 0 Å². The lowest BCUT2D eigenvalue weighted by Crippen LogP contribution is -2.36. The van der Waals surface area contributed by atoms with Crippen molar-refractivity contribution in [2.24, 2.45) is 16.8 Å². The van der Waals surface area contributed by atoms with Crippen LogP contribution in [0.15, 0.2) is 47.5 Å². The predicted octanol–water partition coefficient (Wildman–Crippen LogP) is 4.52. The van der Waals surface area contributed by atoms with Crippen molar-refractivity contribution < 1.29 is 9.53 Å². The highest BCUT2D eigenvalue weighted by atomic mass is 16.6. The first-order chi connectivity index (χ1) is 11.1. The molecule has 1 saturated carbocycles. The smallest absolute Gasteiger partial charge is 0.341 e. The first-order valence-electron chi connectivity index (χ1n) is 8.65. The highest BCUT2D eigenvalue weighted by Crippen LogP contribution is 2.32. The van der Waals surface area contributed by atoms with Gasteiger partial charge in [0.2, 0.25) is 5.90 Å². The van der Waals surface area contributed by atoms with Crippen LogP contribution in [-0.2, 0) is 9.53 Å². The minimum absolute atomic E-state index is 0.0261. The molecule has 1 heterocycles. The number of cyclic esters (lactones) is 1. The highest BCUT2D eigenvalue weighted by Gasteiger charge is 2.45. The molecule has 0 radical (unpaired) electrons. The van der Waals surface area contributed by atoms with Crippen LogP contribution in [0.25, 0.3) is 0 Å². The summed E-state index contributed by atoms with van der Waals surface area (Å²) in [5.74, 6) is 0.871. The van der Waals surface area contributed by atoms with E-state index in [1.807, 2.05) is 37.3 Å². The van der Waals surface area contributed by atoms with E-state index < -0.39 is 5.54 Å². The van der Waals surface area contributed by atoms with Crippen molar-refractivity contribution in [1.29, 1.82) is 0 Å². The molecule has 1 aliphatic heterocycles. The molecule has 2 aliphatic rings. The maximum Gasteiger partial charge on any atom is 0.341 e. The van der Waals surface area contributed by atoms with Crippen molar-refractivity contribution in [1.82, 2.24) is 0 Å². The van der Waals surface area contributed by atoms with E-state index in [4.69, 9.17) is 4.74 Å². The first-order valence-corrected chi connectivity index (χ1v) is 8.65. The monoisotopic (exact) mass is 311 g/mol. The minimum atomic E-state index is -0.823. The molecule has 1 aromatic carbocycles. The van der Waals surface area contributed by atoms with Crippen LogP contribution in [0.1, 0.15) is 51.5 Å². The van der Waals surface area contributed by atoms with Gasteiger partial charge >= 0.3 is 5.97 Å². The average molecular weight is 311 g/mol. The Morgan fingerprint density at radius 2 is 1.91 bits per heavy atom. The summed E-state index contributed by atoms with van der Waals surface area (Å²) >= 11 is 0. The molecule has 23 heavy (non-hydrogen) atoms. The quantitative estimate of drug-likeness (QED) is 0.605. The SMILES string of the molecule is CC(/C=C/C1CCCCC1)[C@@]1(C)N=C(c2ccccc2)OC1=O. The third-order valence-corrected chi connectivity index (χ3v) is 5.17. The van der Waals surface area contributed by atoms with Gasteiger partial charge in [-0.05, 0) is 37.8 Å². The summed E-state index contributed by atoms with van der Waals surface area (Å²) < 4.78 is 5.45. The lowest BCUT2D eigenvalue weighted by atomic mass is 9.84. The van der Waals surface area contributed by atoms with Crippen LogP contribution >= 0.6 is 0 Å². The fraction of sp³-hybridized carbons (Fsp3) is 0.500. The van der Waals surface area contributed by atoms with Gasteiger partial charge in [0.05, 0.1) is 0 Å². The summed E-state index contributed by atoms with van der Waals surface area (Å²) in [5.41, 5.74) is 0.0316. The molecule has 3 nitrogen and oxygen atoms in total. The number of carbonyl (C=O) groups excluding carboxylic acids is 1. The van der Waals surface area contributed by atoms with Gasteiger partial charge in [-0.2, -0.15) is 0 Å². The number of aliphatic imine (C=N–C) groups is 1. The molecule has 0 saturated heterocycles. The molecule has 0 bridgehead atoms. The summed E-state index contributed by atoms with van der Waals surface area (Å²) in [7, 11) is 0. The predicted molar refractivity (Wildman–Crippen MR) is 92.4 cm³/mol. The van der Waals surface area contributed by atoms with Gasteiger partial charge in [-0.25, -0.2) is 9.79 Å². The number of esters is 1. The zero-order valence-corrected chi connectivity index (χ0v) is 14.0. The number of benzene rings is 1. The van der Waals surface area contributed by atoms with Gasteiger partial charge in [-0.15, -0.1) is 0 Å². The van der Waals surface area contributed by atoms with E-state index in [2.05, 4.69) is 24.1 Å². The maximum absolute atomic E-state index is 12.4. The Morgan fingerprint density at radius 1 is 1.22 bits per heavy atom. The largest absolute Gasteiger partial charge is 0.405 e. The Morgan fingerprint density at radius 3 is 2.61 bits per heavy atom. The Balaban J connectivity index is 1.75. The normalized spacial score (nSPS) is 27.0. The van der Waals surface area contributed by atoms with Crippen molar-refractivity contribution in [2.75, 3.05) is 0 Å². The van der Waals surface area contributed by atoms with E-state index in [1.165, 1.54) is 32.1 Å². The molecule has 1 fully saturated rings. The second-order valence-electron chi connectivity index (χ2n) is 6.89. The van der Waals surface area contributed by atoms with Crippen molar-refractivity contribution in [3.05, 3.63) is 48.0 Å².